The quantitative estimate of drug-likeness (QED) is 0.0339. The number of ketones is 2. The number of aliphatic hydroxyl groups is 5. The van der Waals surface area contributed by atoms with E-state index in [1.54, 1.807) is 24.3 Å². The predicted molar refractivity (Wildman–Crippen MR) is 398 cm³/mol. The Bertz CT molecular complexity index is 4740. The molecular formula is C89H94N4O11. The number of Topliss-reactive ketones (excluding diaryl/α,β-unsaturated/α-hetero) is 2. The number of hydrogen-bond acceptors (Lipinski definition) is 14. The monoisotopic (exact) mass is 1390 g/mol. The van der Waals surface area contributed by atoms with Crippen LogP contribution in [0.3, 0.4) is 0 Å². The highest BCUT2D eigenvalue weighted by molar-refractivity contribution is 6.06. The Kier molecular flexibility index (Phi) is 19.4. The Labute approximate surface area is 609 Å². The molecule has 3 saturated carbocycles. The van der Waals surface area contributed by atoms with Crippen molar-refractivity contribution in [2.24, 2.45) is 76.9 Å². The van der Waals surface area contributed by atoms with E-state index in [2.05, 4.69) is 99.5 Å². The molecule has 2 aliphatic heterocycles. The van der Waals surface area contributed by atoms with Gasteiger partial charge < -0.3 is 66.5 Å². The van der Waals surface area contributed by atoms with Crippen molar-refractivity contribution in [1.29, 1.82) is 0 Å². The van der Waals surface area contributed by atoms with E-state index in [-0.39, 0.29) is 109 Å². The maximum absolute atomic E-state index is 16.1. The highest BCUT2D eigenvalue weighted by Crippen LogP contribution is 2.55. The molecule has 3 fully saturated rings. The molecule has 12 N–H and O–H groups in total. The predicted octanol–water partition coefficient (Wildman–Crippen LogP) is 11.3. The van der Waals surface area contributed by atoms with E-state index >= 15 is 4.79 Å². The summed E-state index contributed by atoms with van der Waals surface area (Å²) in [6.45, 7) is 3.32. The van der Waals surface area contributed by atoms with E-state index in [0.29, 0.717) is 104 Å². The van der Waals surface area contributed by atoms with Gasteiger partial charge in [-0.2, -0.15) is 0 Å². The smallest absolute Gasteiger partial charge is 0.173 e. The number of anilines is 1. The molecule has 6 aromatic rings. The second-order valence-electron chi connectivity index (χ2n) is 31.9. The number of nitrogens with one attached hydrogen (secondary N) is 4. The summed E-state index contributed by atoms with van der Waals surface area (Å²) in [7, 11) is 1.47. The minimum absolute atomic E-state index is 0.0789. The molecule has 15 heteroatoms. The molecule has 8 aliphatic carbocycles. The van der Waals surface area contributed by atoms with E-state index in [1.807, 2.05) is 60.8 Å². The van der Waals surface area contributed by atoms with E-state index in [9.17, 15) is 45.6 Å². The summed E-state index contributed by atoms with van der Waals surface area (Å²) >= 11 is 0. The molecule has 536 valence electrons. The second kappa shape index (κ2) is 29.2. The van der Waals surface area contributed by atoms with Crippen LogP contribution in [0.4, 0.5) is 5.69 Å². The number of allylic oxidation sites excluding steroid dienone is 4. The molecule has 10 aliphatic rings. The summed E-state index contributed by atoms with van der Waals surface area (Å²) in [6.07, 6.45) is 8.17. The number of β-amino-alcohol motifs (C(OH)–C–C–N with tert-alkyl or cyclic N) is 1. The van der Waals surface area contributed by atoms with E-state index in [0.717, 1.165) is 69.3 Å². The van der Waals surface area contributed by atoms with Gasteiger partial charge in [0.25, 0.3) is 0 Å². The zero-order chi connectivity index (χ0) is 71.6. The number of benzene rings is 5. The Morgan fingerprint density at radius 1 is 0.712 bits per heavy atom. The van der Waals surface area contributed by atoms with Crippen molar-refractivity contribution in [3.63, 3.8) is 0 Å². The van der Waals surface area contributed by atoms with Crippen LogP contribution in [-0.4, -0.2) is 109 Å². The fraction of sp³-hybridized carbons (Fsp3) is 0.461. The molecule has 19 unspecified atom stereocenters. The molecule has 16 rings (SSSR count). The first-order chi connectivity index (χ1) is 50.5. The van der Waals surface area contributed by atoms with Crippen LogP contribution in [-0.2, 0) is 35.3 Å². The van der Waals surface area contributed by atoms with Gasteiger partial charge in [0.2, 0.25) is 0 Å². The first-order valence-electron chi connectivity index (χ1n) is 38.0. The van der Waals surface area contributed by atoms with Gasteiger partial charge in [0, 0.05) is 110 Å². The molecule has 3 heterocycles. The summed E-state index contributed by atoms with van der Waals surface area (Å²) in [4.78, 5) is 34.8. The van der Waals surface area contributed by atoms with Crippen LogP contribution >= 0.6 is 0 Å². The molecule has 1 aromatic heterocycles. The van der Waals surface area contributed by atoms with Crippen molar-refractivity contribution >= 4 is 28.0 Å². The summed E-state index contributed by atoms with van der Waals surface area (Å²) in [5.41, 5.74) is 10.8. The third-order valence-electron chi connectivity index (χ3n) is 25.8. The summed E-state index contributed by atoms with van der Waals surface area (Å²) < 4.78 is 5.75. The first kappa shape index (κ1) is 69.4. The van der Waals surface area contributed by atoms with E-state index in [4.69, 9.17) is 4.74 Å². The van der Waals surface area contributed by atoms with Crippen molar-refractivity contribution in [3.05, 3.63) is 182 Å². The number of hydrogen-bond donors (Lipinski definition) is 12. The fourth-order valence-electron chi connectivity index (χ4n) is 20.6. The van der Waals surface area contributed by atoms with Crippen LogP contribution in [0.15, 0.2) is 132 Å². The number of H-pyrrole nitrogens is 1. The van der Waals surface area contributed by atoms with Crippen LogP contribution in [0.2, 0.25) is 0 Å². The minimum atomic E-state index is -1.97. The molecule has 17 bridgehead atoms. The van der Waals surface area contributed by atoms with Crippen molar-refractivity contribution in [3.8, 4) is 70.4 Å². The number of dihydropyridines is 1. The lowest BCUT2D eigenvalue weighted by atomic mass is 9.63. The van der Waals surface area contributed by atoms with Gasteiger partial charge >= 0.3 is 0 Å². The maximum Gasteiger partial charge on any atom is 0.173 e. The van der Waals surface area contributed by atoms with E-state index < -0.39 is 77.6 Å². The molecule has 104 heavy (non-hydrogen) atoms. The standard InChI is InChI=1S/C89H94N4O11/c1-48-45-90-46-63(95)38-57-18-17-51-19-23-61(42-77(51)85(57)99)93-88-71-26-21-54-34-52-10-7-15-70-79(48)47-92-80(70)44-82(97)66(24-16-50-32-72(52)73(54)33-50)60-37-58-36-55-20-25-68(75-43-83(98)84(104-2)41-56(75)22-27-81(96)87(101)86(100)76(55)39-60)67-13-4-3-12-64(67)59-35-53(9-6-14-65(58)69(71)28-29-91-88)74(78(40-59)89(102)103)31-49-8-5-11-62(94)30-49/h3-5,8,11-13,17-19,23,28,30,34,41-43,47-48,50,53-55,58-60,63,65-66,68,72-74,76,78,82,87,89-95,97-99,101-103H,10,14,16,22,24,27,29,31-33,35-40,44-46H2,1-2H3. The number of carbonyl (C=O) groups excluding carboxylic acids is 2. The lowest BCUT2D eigenvalue weighted by molar-refractivity contribution is -0.142. The largest absolute Gasteiger partial charge is 0.508 e. The number of methoxy groups -OCH3 is 1. The van der Waals surface area contributed by atoms with Crippen LogP contribution < -0.4 is 20.7 Å². The van der Waals surface area contributed by atoms with Crippen LogP contribution in [0.5, 0.6) is 23.0 Å². The normalized spacial score (nSPS) is 32.2. The molecule has 15 nitrogen and oxygen atoms in total. The van der Waals surface area contributed by atoms with Crippen LogP contribution in [0, 0.1) is 124 Å². The number of aliphatic hydroxyl groups excluding tert-OH is 4. The summed E-state index contributed by atoms with van der Waals surface area (Å²) in [6, 6.07) is 28.5. The summed E-state index contributed by atoms with van der Waals surface area (Å²) in [5, 5.41) is 109. The van der Waals surface area contributed by atoms with Gasteiger partial charge in [0.15, 0.2) is 35.5 Å². The Morgan fingerprint density at radius 2 is 1.57 bits per heavy atom. The van der Waals surface area contributed by atoms with Gasteiger partial charge in [0.1, 0.15) is 17.3 Å². The zero-order valence-electron chi connectivity index (χ0n) is 59.2. The molecule has 19 atom stereocenters. The minimum Gasteiger partial charge on any atom is -0.508 e. The number of aryl methyl sites for hydroxylation is 1. The van der Waals surface area contributed by atoms with Gasteiger partial charge in [-0.3, -0.25) is 9.59 Å². The van der Waals surface area contributed by atoms with Crippen LogP contribution in [0.1, 0.15) is 152 Å². The Balaban J connectivity index is 0.964. The maximum atomic E-state index is 16.1. The van der Waals surface area contributed by atoms with Gasteiger partial charge in [-0.15, -0.1) is 5.92 Å². The SMILES string of the molecule is COc1cc2c(cc1O)C1C#CC3CC4CC(CC3C(=O)C(O)C(=O)CC2)C2CCC3CC5C6=CC(C#CC7=C(NCC=C7C4CC#CC4CC(CC(C(O)O)C4Cc4cccc(O)c4)c4ccccc41)Nc1ccc4ccc(c(O)c4c1)CC(O)CNCC(C)c1c[nH]c(c1C#CC6)CC2O)C5C3. The third-order valence-corrected chi connectivity index (χ3v) is 25.8. The fourth-order valence-corrected chi connectivity index (χ4v) is 20.6. The number of phenolic OH excluding ortho intramolecular Hbond substituents is 3. The Hall–Kier alpha value is -9.00. The number of aromatic nitrogens is 1. The number of rotatable bonds is 4. The molecular weight excluding hydrogens is 1300 g/mol. The van der Waals surface area contributed by atoms with Crippen molar-refractivity contribution in [2.75, 3.05) is 32.1 Å². The average molecular weight is 1400 g/mol. The number of phenols is 3. The Morgan fingerprint density at radius 3 is 2.41 bits per heavy atom. The third kappa shape index (κ3) is 13.6. The topological polar surface area (TPSA) is 257 Å². The molecule has 0 amide bonds. The first-order valence-corrected chi connectivity index (χ1v) is 38.0. The number of carbonyl (C=O) groups is 2. The number of ether oxygens (including phenoxy) is 1. The lowest BCUT2D eigenvalue weighted by Crippen LogP contribution is -2.40. The second-order valence-corrected chi connectivity index (χ2v) is 31.9. The summed E-state index contributed by atoms with van der Waals surface area (Å²) in [5.74, 6) is 25.3. The highest BCUT2D eigenvalue weighted by Gasteiger charge is 2.49. The molecule has 5 aromatic carbocycles. The van der Waals surface area contributed by atoms with Gasteiger partial charge in [0.05, 0.1) is 30.8 Å². The molecule has 0 radical (unpaired) electrons. The number of aromatic hydroxyl groups is 3. The lowest BCUT2D eigenvalue weighted by Gasteiger charge is -2.42. The molecule has 0 spiro atoms. The zero-order valence-corrected chi connectivity index (χ0v) is 59.2. The van der Waals surface area contributed by atoms with Crippen molar-refractivity contribution in [1.82, 2.24) is 15.6 Å². The highest BCUT2D eigenvalue weighted by atomic mass is 16.5. The van der Waals surface area contributed by atoms with Gasteiger partial charge in [-0.05, 0) is 210 Å². The molecule has 0 saturated heterocycles. The number of aromatic amines is 1. The van der Waals surface area contributed by atoms with Gasteiger partial charge in [-0.1, -0.05) is 127 Å². The van der Waals surface area contributed by atoms with Crippen molar-refractivity contribution < 1.29 is 55.2 Å². The van der Waals surface area contributed by atoms with Crippen LogP contribution in [0.25, 0.3) is 10.8 Å². The van der Waals surface area contributed by atoms with Gasteiger partial charge in [-0.25, -0.2) is 0 Å². The van der Waals surface area contributed by atoms with E-state index in [1.165, 1.54) is 12.7 Å². The average Bonchev–Trinajstić information content (AvgIpc) is 1.23. The van der Waals surface area contributed by atoms with Crippen molar-refractivity contribution in [2.45, 2.75) is 152 Å². The number of fused-ring (bicyclic) bond motifs is 16.